The number of rotatable bonds is 9. The van der Waals surface area contributed by atoms with Gasteiger partial charge < -0.3 is 4.90 Å². The van der Waals surface area contributed by atoms with E-state index < -0.39 is 26.5 Å². The van der Waals surface area contributed by atoms with Crippen LogP contribution in [-0.4, -0.2) is 38.0 Å². The highest BCUT2D eigenvalue weighted by Crippen LogP contribution is 2.32. The Morgan fingerprint density at radius 2 is 1.42 bits per heavy atom. The highest BCUT2D eigenvalue weighted by molar-refractivity contribution is 7.97. The zero-order valence-electron chi connectivity index (χ0n) is 18.1. The van der Waals surface area contributed by atoms with Crippen molar-refractivity contribution in [3.63, 3.8) is 0 Å². The maximum Gasteiger partial charge on any atom is 0.268 e. The summed E-state index contributed by atoms with van der Waals surface area (Å²) in [5.41, 5.74) is 1.74. The third-order valence-corrected chi connectivity index (χ3v) is 6.85. The molecule has 2 aromatic carbocycles. The van der Waals surface area contributed by atoms with Gasteiger partial charge in [0.05, 0.1) is 0 Å². The van der Waals surface area contributed by atoms with Gasteiger partial charge in [-0.15, -0.1) is 0 Å². The molecule has 0 aromatic heterocycles. The predicted octanol–water partition coefficient (Wildman–Crippen LogP) is 4.40. The molecule has 0 fully saturated rings. The third-order valence-electron chi connectivity index (χ3n) is 5.43. The smallest absolute Gasteiger partial charge is 0.268 e. The predicted molar refractivity (Wildman–Crippen MR) is 123 cm³/mol. The van der Waals surface area contributed by atoms with Crippen molar-refractivity contribution >= 4 is 27.3 Å². The molecule has 0 spiro atoms. The largest absolute Gasteiger partial charge is 0.368 e. The number of unbranched alkanes of at least 4 members (excludes halogenated alkanes) is 1. The summed E-state index contributed by atoms with van der Waals surface area (Å²) in [5, 5.41) is 0. The first-order chi connectivity index (χ1) is 14.8. The SMILES string of the molecule is CCCCc1ccc(NS(=O)(=O)C2=C(N(CC)CC)C(=O)c3ccccc3C2=O)cc1. The highest BCUT2D eigenvalue weighted by Gasteiger charge is 2.40. The number of carbonyl (C=O) groups is 2. The number of nitrogens with zero attached hydrogens (tertiary/aromatic N) is 1. The second-order valence-corrected chi connectivity index (χ2v) is 9.08. The van der Waals surface area contributed by atoms with Crippen LogP contribution in [0, 0.1) is 0 Å². The van der Waals surface area contributed by atoms with E-state index in [0.29, 0.717) is 18.8 Å². The number of fused-ring (bicyclic) bond motifs is 1. The first-order valence-electron chi connectivity index (χ1n) is 10.6. The van der Waals surface area contributed by atoms with Gasteiger partial charge in [-0.3, -0.25) is 14.3 Å². The molecule has 2 aromatic rings. The number of Topliss-reactive ketones (excluding diaryl/α,β-unsaturated/α-hetero) is 2. The minimum absolute atomic E-state index is 0.0687. The van der Waals surface area contributed by atoms with Crippen LogP contribution in [0.4, 0.5) is 5.69 Å². The Bertz CT molecular complexity index is 1110. The van der Waals surface area contributed by atoms with E-state index in [1.165, 1.54) is 6.07 Å². The minimum Gasteiger partial charge on any atom is -0.368 e. The van der Waals surface area contributed by atoms with E-state index in [0.717, 1.165) is 24.8 Å². The standard InChI is InChI=1S/C24H28N2O4S/c1-4-7-10-17-13-15-18(16-14-17)25-31(29,30)24-21(26(5-2)6-3)22(27)19-11-8-9-12-20(19)23(24)28/h8-9,11-16,25H,4-7,10H2,1-3H3. The maximum atomic E-state index is 13.4. The van der Waals surface area contributed by atoms with Gasteiger partial charge in [-0.25, -0.2) is 8.42 Å². The van der Waals surface area contributed by atoms with Crippen LogP contribution in [0.2, 0.25) is 0 Å². The summed E-state index contributed by atoms with van der Waals surface area (Å²) < 4.78 is 29.2. The number of carbonyl (C=O) groups excluding carboxylic acids is 2. The summed E-state index contributed by atoms with van der Waals surface area (Å²) in [6.45, 7) is 6.56. The van der Waals surface area contributed by atoms with Crippen LogP contribution >= 0.6 is 0 Å². The number of nitrogens with one attached hydrogen (secondary N) is 1. The summed E-state index contributed by atoms with van der Waals surface area (Å²) >= 11 is 0. The molecule has 31 heavy (non-hydrogen) atoms. The van der Waals surface area contributed by atoms with Crippen LogP contribution < -0.4 is 4.72 Å². The van der Waals surface area contributed by atoms with Gasteiger partial charge in [-0.05, 0) is 44.4 Å². The van der Waals surface area contributed by atoms with E-state index in [4.69, 9.17) is 0 Å². The second kappa shape index (κ2) is 9.47. The van der Waals surface area contributed by atoms with Crippen LogP contribution in [0.5, 0.6) is 0 Å². The van der Waals surface area contributed by atoms with Crippen molar-refractivity contribution in [3.05, 3.63) is 75.8 Å². The zero-order valence-corrected chi connectivity index (χ0v) is 19.0. The number of benzene rings is 2. The zero-order chi connectivity index (χ0) is 22.6. The summed E-state index contributed by atoms with van der Waals surface area (Å²) in [7, 11) is -4.29. The average Bonchev–Trinajstić information content (AvgIpc) is 2.77. The van der Waals surface area contributed by atoms with Crippen LogP contribution in [0.25, 0.3) is 0 Å². The lowest BCUT2D eigenvalue weighted by Gasteiger charge is -2.29. The molecule has 0 atom stereocenters. The molecule has 1 aliphatic rings. The fourth-order valence-corrected chi connectivity index (χ4v) is 5.12. The molecule has 0 aliphatic heterocycles. The minimum atomic E-state index is -4.29. The molecule has 0 unspecified atom stereocenters. The van der Waals surface area contributed by atoms with Gasteiger partial charge >= 0.3 is 0 Å². The van der Waals surface area contributed by atoms with Crippen molar-refractivity contribution in [1.29, 1.82) is 0 Å². The van der Waals surface area contributed by atoms with Crippen LogP contribution in [0.3, 0.4) is 0 Å². The average molecular weight is 441 g/mol. The Kier molecular flexibility index (Phi) is 6.95. The number of hydrogen-bond acceptors (Lipinski definition) is 5. The van der Waals surface area contributed by atoms with Crippen LogP contribution in [0.1, 0.15) is 59.9 Å². The molecule has 7 heteroatoms. The monoisotopic (exact) mass is 440 g/mol. The highest BCUT2D eigenvalue weighted by atomic mass is 32.2. The lowest BCUT2D eigenvalue weighted by atomic mass is 9.92. The lowest BCUT2D eigenvalue weighted by molar-refractivity contribution is 0.0949. The van der Waals surface area contributed by atoms with E-state index in [1.54, 1.807) is 35.2 Å². The molecule has 6 nitrogen and oxygen atoms in total. The van der Waals surface area contributed by atoms with Gasteiger partial charge in [0.1, 0.15) is 5.70 Å². The molecule has 0 amide bonds. The van der Waals surface area contributed by atoms with Gasteiger partial charge in [-0.2, -0.15) is 0 Å². The van der Waals surface area contributed by atoms with Gasteiger partial charge in [0.15, 0.2) is 4.91 Å². The number of sulfonamides is 1. The van der Waals surface area contributed by atoms with Gasteiger partial charge in [0, 0.05) is 29.9 Å². The molecule has 3 rings (SSSR count). The van der Waals surface area contributed by atoms with E-state index in [2.05, 4.69) is 11.6 Å². The topological polar surface area (TPSA) is 83.6 Å². The van der Waals surface area contributed by atoms with E-state index in [1.807, 2.05) is 26.0 Å². The first-order valence-corrected chi connectivity index (χ1v) is 12.1. The van der Waals surface area contributed by atoms with Gasteiger partial charge in [0.2, 0.25) is 11.6 Å². The Morgan fingerprint density at radius 1 is 0.839 bits per heavy atom. The molecule has 0 heterocycles. The number of anilines is 1. The van der Waals surface area contributed by atoms with Crippen LogP contribution in [0.15, 0.2) is 59.1 Å². The molecule has 1 aliphatic carbocycles. The molecule has 0 saturated carbocycles. The molecular weight excluding hydrogens is 412 g/mol. The Hall–Kier alpha value is -2.93. The Morgan fingerprint density at radius 3 is 1.97 bits per heavy atom. The molecule has 1 N–H and O–H groups in total. The summed E-state index contributed by atoms with van der Waals surface area (Å²) in [6.07, 6.45) is 3.06. The summed E-state index contributed by atoms with van der Waals surface area (Å²) in [4.78, 5) is 27.6. The van der Waals surface area contributed by atoms with E-state index in [-0.39, 0.29) is 16.8 Å². The van der Waals surface area contributed by atoms with Crippen molar-refractivity contribution in [2.75, 3.05) is 17.8 Å². The van der Waals surface area contributed by atoms with Gasteiger partial charge in [0.25, 0.3) is 10.0 Å². The van der Waals surface area contributed by atoms with Crippen molar-refractivity contribution in [2.24, 2.45) is 0 Å². The third kappa shape index (κ3) is 4.56. The van der Waals surface area contributed by atoms with Gasteiger partial charge in [-0.1, -0.05) is 49.7 Å². The fraction of sp³-hybridized carbons (Fsp3) is 0.333. The van der Waals surface area contributed by atoms with Crippen molar-refractivity contribution < 1.29 is 18.0 Å². The number of likely N-dealkylation sites (N-methyl/N-ethyl adjacent to an activating group) is 1. The number of ketones is 2. The molecule has 0 bridgehead atoms. The summed E-state index contributed by atoms with van der Waals surface area (Å²) in [6, 6.07) is 13.5. The second-order valence-electron chi connectivity index (χ2n) is 7.46. The van der Waals surface area contributed by atoms with Crippen molar-refractivity contribution in [1.82, 2.24) is 4.90 Å². The Labute approximate surface area is 184 Å². The van der Waals surface area contributed by atoms with Crippen molar-refractivity contribution in [2.45, 2.75) is 40.0 Å². The number of allylic oxidation sites excluding steroid dienone is 2. The number of hydrogen-bond donors (Lipinski definition) is 1. The fourth-order valence-electron chi connectivity index (χ4n) is 3.74. The molecule has 0 saturated heterocycles. The Balaban J connectivity index is 2.06. The quantitative estimate of drug-likeness (QED) is 0.625. The maximum absolute atomic E-state index is 13.4. The molecule has 164 valence electrons. The van der Waals surface area contributed by atoms with Crippen LogP contribution in [-0.2, 0) is 16.4 Å². The van der Waals surface area contributed by atoms with Crippen molar-refractivity contribution in [3.8, 4) is 0 Å². The molecular formula is C24H28N2O4S. The lowest BCUT2D eigenvalue weighted by Crippen LogP contribution is -2.37. The summed E-state index contributed by atoms with van der Waals surface area (Å²) in [5.74, 6) is -1.11. The normalized spacial score (nSPS) is 13.9. The van der Waals surface area contributed by atoms with E-state index >= 15 is 0 Å². The molecule has 0 radical (unpaired) electrons. The van der Waals surface area contributed by atoms with E-state index in [9.17, 15) is 18.0 Å². The first kappa shape index (κ1) is 22.7. The number of aryl methyl sites for hydroxylation is 1.